The van der Waals surface area contributed by atoms with Crippen molar-refractivity contribution in [3.8, 4) is 11.4 Å². The zero-order chi connectivity index (χ0) is 11.8. The summed E-state index contributed by atoms with van der Waals surface area (Å²) in [4.78, 5) is 4.47. The van der Waals surface area contributed by atoms with Gasteiger partial charge in [-0.2, -0.15) is 4.98 Å². The topological polar surface area (TPSA) is 64.1 Å². The third kappa shape index (κ3) is 1.76. The van der Waals surface area contributed by atoms with Gasteiger partial charge in [-0.05, 0) is 25.5 Å². The summed E-state index contributed by atoms with van der Waals surface area (Å²) in [6.07, 6.45) is 1.64. The molecule has 3 heterocycles. The Hall–Kier alpha value is -1.62. The molecule has 90 valence electrons. The minimum Gasteiger partial charge on any atom is -0.469 e. The van der Waals surface area contributed by atoms with Crippen LogP contribution in [0.2, 0.25) is 0 Å². The average molecular weight is 233 g/mol. The normalized spacial score (nSPS) is 24.4. The van der Waals surface area contributed by atoms with E-state index < -0.39 is 0 Å². The number of furan rings is 1. The summed E-state index contributed by atoms with van der Waals surface area (Å²) in [5.74, 6) is 3.01. The Morgan fingerprint density at radius 2 is 2.29 bits per heavy atom. The highest BCUT2D eigenvalue weighted by molar-refractivity contribution is 5.56. The van der Waals surface area contributed by atoms with E-state index in [1.807, 2.05) is 13.0 Å². The maximum Gasteiger partial charge on any atom is 0.231 e. The van der Waals surface area contributed by atoms with Crippen LogP contribution < -0.4 is 5.32 Å². The second-order valence-corrected chi connectivity index (χ2v) is 4.59. The van der Waals surface area contributed by atoms with Crippen molar-refractivity contribution in [2.45, 2.75) is 19.8 Å². The number of hydrogen-bond donors (Lipinski definition) is 1. The van der Waals surface area contributed by atoms with Gasteiger partial charge in [-0.15, -0.1) is 0 Å². The molecule has 2 atom stereocenters. The van der Waals surface area contributed by atoms with Crippen molar-refractivity contribution < 1.29 is 8.94 Å². The number of aromatic nitrogens is 2. The molecule has 0 unspecified atom stereocenters. The number of aryl methyl sites for hydroxylation is 1. The van der Waals surface area contributed by atoms with Crippen LogP contribution in [0.15, 0.2) is 21.3 Å². The summed E-state index contributed by atoms with van der Waals surface area (Å²) < 4.78 is 10.6. The first-order valence-corrected chi connectivity index (χ1v) is 5.84. The van der Waals surface area contributed by atoms with Crippen molar-refractivity contribution in [2.75, 3.05) is 13.1 Å². The first kappa shape index (κ1) is 10.5. The quantitative estimate of drug-likeness (QED) is 0.859. The molecular weight excluding hydrogens is 218 g/mol. The van der Waals surface area contributed by atoms with E-state index in [2.05, 4.69) is 22.4 Å². The van der Waals surface area contributed by atoms with E-state index >= 15 is 0 Å². The van der Waals surface area contributed by atoms with Gasteiger partial charge in [0.05, 0.1) is 17.7 Å². The van der Waals surface area contributed by atoms with Gasteiger partial charge >= 0.3 is 0 Å². The zero-order valence-corrected chi connectivity index (χ0v) is 9.93. The number of hydrogen-bond acceptors (Lipinski definition) is 5. The van der Waals surface area contributed by atoms with E-state index in [9.17, 15) is 0 Å². The summed E-state index contributed by atoms with van der Waals surface area (Å²) in [5.41, 5.74) is 0.901. The van der Waals surface area contributed by atoms with E-state index in [-0.39, 0.29) is 0 Å². The van der Waals surface area contributed by atoms with Crippen molar-refractivity contribution in [3.63, 3.8) is 0 Å². The molecule has 1 saturated heterocycles. The van der Waals surface area contributed by atoms with Gasteiger partial charge in [-0.3, -0.25) is 0 Å². The standard InChI is InChI=1S/C12H15N3O2/c1-7-5-13-6-10(7)12-14-11(15-17-12)9-3-4-16-8(9)2/h3-4,7,10,13H,5-6H2,1-2H3/t7-,10-/m1/s1. The van der Waals surface area contributed by atoms with Gasteiger partial charge in [0.2, 0.25) is 11.7 Å². The number of nitrogens with zero attached hydrogens (tertiary/aromatic N) is 2. The van der Waals surface area contributed by atoms with E-state index in [4.69, 9.17) is 8.94 Å². The van der Waals surface area contributed by atoms with Gasteiger partial charge in [0, 0.05) is 6.54 Å². The molecule has 1 aliphatic rings. The Labute approximate surface area is 99.2 Å². The van der Waals surface area contributed by atoms with E-state index in [1.54, 1.807) is 6.26 Å². The van der Waals surface area contributed by atoms with Gasteiger partial charge in [0.25, 0.3) is 0 Å². The molecule has 1 fully saturated rings. The highest BCUT2D eigenvalue weighted by atomic mass is 16.5. The molecular formula is C12H15N3O2. The van der Waals surface area contributed by atoms with Crippen LogP contribution in [0.1, 0.15) is 24.5 Å². The van der Waals surface area contributed by atoms with Crippen LogP contribution in [0.5, 0.6) is 0 Å². The first-order chi connectivity index (χ1) is 8.25. The monoisotopic (exact) mass is 233 g/mol. The molecule has 3 rings (SSSR count). The fraction of sp³-hybridized carbons (Fsp3) is 0.500. The molecule has 0 amide bonds. The van der Waals surface area contributed by atoms with Gasteiger partial charge in [0.15, 0.2) is 0 Å². The summed E-state index contributed by atoms with van der Waals surface area (Å²) in [7, 11) is 0. The average Bonchev–Trinajstić information content (AvgIpc) is 2.97. The van der Waals surface area contributed by atoms with Crippen molar-refractivity contribution in [1.82, 2.24) is 15.5 Å². The molecule has 5 nitrogen and oxygen atoms in total. The van der Waals surface area contributed by atoms with E-state index in [0.29, 0.717) is 17.7 Å². The summed E-state index contributed by atoms with van der Waals surface area (Å²) in [5, 5.41) is 7.35. The third-order valence-corrected chi connectivity index (χ3v) is 3.38. The minimum atomic E-state index is 0.323. The molecule has 0 aliphatic carbocycles. The SMILES string of the molecule is Cc1occc1-c1noc([C@@H]2CNC[C@H]2C)n1. The summed E-state index contributed by atoms with van der Waals surface area (Å²) in [6, 6.07) is 1.86. The van der Waals surface area contributed by atoms with E-state index in [1.165, 1.54) is 0 Å². The van der Waals surface area contributed by atoms with E-state index in [0.717, 1.165) is 30.3 Å². The maximum absolute atomic E-state index is 5.36. The second kappa shape index (κ2) is 4.00. The number of nitrogens with one attached hydrogen (secondary N) is 1. The van der Waals surface area contributed by atoms with Crippen LogP contribution in [0.3, 0.4) is 0 Å². The molecule has 2 aromatic heterocycles. The van der Waals surface area contributed by atoms with Gasteiger partial charge in [-0.25, -0.2) is 0 Å². The molecule has 5 heteroatoms. The number of rotatable bonds is 2. The maximum atomic E-state index is 5.36. The van der Waals surface area contributed by atoms with Gasteiger partial charge in [0.1, 0.15) is 5.76 Å². The lowest BCUT2D eigenvalue weighted by molar-refractivity contribution is 0.340. The molecule has 0 saturated carbocycles. The molecule has 0 bridgehead atoms. The zero-order valence-electron chi connectivity index (χ0n) is 9.93. The lowest BCUT2D eigenvalue weighted by Gasteiger charge is -2.07. The van der Waals surface area contributed by atoms with Crippen LogP contribution in [0.25, 0.3) is 11.4 Å². The van der Waals surface area contributed by atoms with Crippen LogP contribution >= 0.6 is 0 Å². The third-order valence-electron chi connectivity index (χ3n) is 3.38. The van der Waals surface area contributed by atoms with Crippen molar-refractivity contribution in [3.05, 3.63) is 24.0 Å². The van der Waals surface area contributed by atoms with Crippen molar-refractivity contribution >= 4 is 0 Å². The fourth-order valence-electron chi connectivity index (χ4n) is 2.25. The summed E-state index contributed by atoms with van der Waals surface area (Å²) >= 11 is 0. The lowest BCUT2D eigenvalue weighted by atomic mass is 9.98. The molecule has 1 N–H and O–H groups in total. The molecule has 0 radical (unpaired) electrons. The largest absolute Gasteiger partial charge is 0.469 e. The Morgan fingerprint density at radius 3 is 2.94 bits per heavy atom. The molecule has 17 heavy (non-hydrogen) atoms. The Bertz CT molecular complexity index is 517. The second-order valence-electron chi connectivity index (χ2n) is 4.59. The fourth-order valence-corrected chi connectivity index (χ4v) is 2.25. The first-order valence-electron chi connectivity index (χ1n) is 5.84. The summed E-state index contributed by atoms with van der Waals surface area (Å²) in [6.45, 7) is 6.00. The molecule has 0 spiro atoms. The molecule has 1 aliphatic heterocycles. The Morgan fingerprint density at radius 1 is 1.41 bits per heavy atom. The van der Waals surface area contributed by atoms with Crippen LogP contribution in [-0.4, -0.2) is 23.2 Å². The van der Waals surface area contributed by atoms with Gasteiger partial charge in [-0.1, -0.05) is 12.1 Å². The highest BCUT2D eigenvalue weighted by Gasteiger charge is 2.29. The predicted octanol–water partition coefficient (Wildman–Crippen LogP) is 1.96. The van der Waals surface area contributed by atoms with Crippen molar-refractivity contribution in [2.24, 2.45) is 5.92 Å². The van der Waals surface area contributed by atoms with Crippen molar-refractivity contribution in [1.29, 1.82) is 0 Å². The molecule has 0 aromatic carbocycles. The van der Waals surface area contributed by atoms with Crippen LogP contribution in [-0.2, 0) is 0 Å². The van der Waals surface area contributed by atoms with Crippen LogP contribution in [0.4, 0.5) is 0 Å². The smallest absolute Gasteiger partial charge is 0.231 e. The lowest BCUT2D eigenvalue weighted by Crippen LogP contribution is -2.08. The Balaban J connectivity index is 1.90. The predicted molar refractivity (Wildman–Crippen MR) is 61.5 cm³/mol. The van der Waals surface area contributed by atoms with Crippen LogP contribution in [0, 0.1) is 12.8 Å². The van der Waals surface area contributed by atoms with Gasteiger partial charge < -0.3 is 14.3 Å². The molecule has 2 aromatic rings. The minimum absolute atomic E-state index is 0.323. The Kier molecular flexibility index (Phi) is 2.48. The highest BCUT2D eigenvalue weighted by Crippen LogP contribution is 2.29.